The van der Waals surface area contributed by atoms with Gasteiger partial charge in [0.1, 0.15) is 23.3 Å². The molecule has 1 saturated heterocycles. The van der Waals surface area contributed by atoms with E-state index in [0.29, 0.717) is 0 Å². The van der Waals surface area contributed by atoms with E-state index in [9.17, 15) is 28.5 Å². The Morgan fingerprint density at radius 1 is 1.32 bits per heavy atom. The first-order valence-corrected chi connectivity index (χ1v) is 11.0. The molecule has 2 atom stereocenters. The van der Waals surface area contributed by atoms with Gasteiger partial charge in [0.15, 0.2) is 0 Å². The third-order valence-electron chi connectivity index (χ3n) is 4.89. The van der Waals surface area contributed by atoms with Gasteiger partial charge < -0.3 is 25.0 Å². The highest BCUT2D eigenvalue weighted by Gasteiger charge is 2.35. The number of carbonyl (C=O) groups excluding carboxylic acids is 2. The van der Waals surface area contributed by atoms with Gasteiger partial charge in [-0.3, -0.25) is 14.9 Å². The van der Waals surface area contributed by atoms with E-state index in [4.69, 9.17) is 9.47 Å². The maximum Gasteiger partial charge on any atom is 0.410 e. The molecule has 1 aliphatic heterocycles. The van der Waals surface area contributed by atoms with Gasteiger partial charge in [-0.25, -0.2) is 13.6 Å². The maximum absolute atomic E-state index is 14.7. The Morgan fingerprint density at radius 2 is 2.00 bits per heavy atom. The lowest BCUT2D eigenvalue weighted by molar-refractivity contribution is -0.384. The van der Waals surface area contributed by atoms with E-state index < -0.39 is 51.8 Å². The summed E-state index contributed by atoms with van der Waals surface area (Å²) in [5, 5.41) is 16.6. The standard InChI is InChI=1S/C22H32F2N4O6/c1-13(2)33-9-7-25-17-11-16(24)14(10-19(17)28(31)32)20(29)26-18-12-27(8-6-15(18)23)21(30)34-22(3,4)5/h10-11,13,15,18,25H,6-9,12H2,1-5H3,(H,26,29)/t15-,18-/m0/s1. The molecule has 1 fully saturated rings. The number of ether oxygens (including phenoxy) is 2. The van der Waals surface area contributed by atoms with Gasteiger partial charge in [-0.05, 0) is 41.0 Å². The van der Waals surface area contributed by atoms with Crippen LogP contribution in [-0.4, -0.2) is 72.0 Å². The van der Waals surface area contributed by atoms with Crippen molar-refractivity contribution in [3.63, 3.8) is 0 Å². The van der Waals surface area contributed by atoms with E-state index in [2.05, 4.69) is 10.6 Å². The summed E-state index contributed by atoms with van der Waals surface area (Å²) in [6.07, 6.45) is -2.22. The Labute approximate surface area is 197 Å². The van der Waals surface area contributed by atoms with E-state index in [0.717, 1.165) is 12.1 Å². The van der Waals surface area contributed by atoms with E-state index in [1.807, 2.05) is 13.8 Å². The van der Waals surface area contributed by atoms with Crippen LogP contribution in [0.5, 0.6) is 0 Å². The number of alkyl halides is 1. The smallest absolute Gasteiger partial charge is 0.410 e. The lowest BCUT2D eigenvalue weighted by Gasteiger charge is -2.36. The summed E-state index contributed by atoms with van der Waals surface area (Å²) in [5.41, 5.74) is -1.96. The fourth-order valence-electron chi connectivity index (χ4n) is 3.31. The molecule has 0 aliphatic carbocycles. The minimum atomic E-state index is -1.48. The number of likely N-dealkylation sites (tertiary alicyclic amines) is 1. The first-order valence-electron chi connectivity index (χ1n) is 11.0. The van der Waals surface area contributed by atoms with Crippen molar-refractivity contribution in [3.05, 3.63) is 33.6 Å². The predicted octanol–water partition coefficient (Wildman–Crippen LogP) is 3.65. The number of halogens is 2. The first-order chi connectivity index (χ1) is 15.8. The zero-order valence-electron chi connectivity index (χ0n) is 20.0. The Kier molecular flexibility index (Phi) is 9.14. The molecular formula is C22H32F2N4O6. The molecule has 1 aromatic carbocycles. The van der Waals surface area contributed by atoms with Crippen LogP contribution in [0.4, 0.5) is 25.0 Å². The van der Waals surface area contributed by atoms with Crippen LogP contribution in [0, 0.1) is 15.9 Å². The van der Waals surface area contributed by atoms with Crippen LogP contribution < -0.4 is 10.6 Å². The summed E-state index contributed by atoms with van der Waals surface area (Å²) < 4.78 is 39.8. The number of piperidine rings is 1. The average molecular weight is 487 g/mol. The number of nitro benzene ring substituents is 1. The molecule has 1 aliphatic rings. The average Bonchev–Trinajstić information content (AvgIpc) is 2.71. The Bertz CT molecular complexity index is 906. The van der Waals surface area contributed by atoms with Gasteiger partial charge in [0.05, 0.1) is 29.2 Å². The number of rotatable bonds is 8. The van der Waals surface area contributed by atoms with Crippen LogP contribution in [0.2, 0.25) is 0 Å². The number of nitro groups is 1. The van der Waals surface area contributed by atoms with Crippen LogP contribution in [0.3, 0.4) is 0 Å². The minimum absolute atomic E-state index is 0.0371. The number of anilines is 1. The molecule has 12 heteroatoms. The van der Waals surface area contributed by atoms with Crippen molar-refractivity contribution in [2.45, 2.75) is 65.0 Å². The van der Waals surface area contributed by atoms with Crippen molar-refractivity contribution < 1.29 is 32.8 Å². The first kappa shape index (κ1) is 27.2. The number of nitrogens with one attached hydrogen (secondary N) is 2. The number of amides is 2. The zero-order valence-corrected chi connectivity index (χ0v) is 20.0. The second kappa shape index (κ2) is 11.4. The van der Waals surface area contributed by atoms with Crippen LogP contribution in [0.25, 0.3) is 0 Å². The quantitative estimate of drug-likeness (QED) is 0.327. The van der Waals surface area contributed by atoms with Gasteiger partial charge in [0.2, 0.25) is 0 Å². The van der Waals surface area contributed by atoms with E-state index in [1.165, 1.54) is 4.90 Å². The highest BCUT2D eigenvalue weighted by Crippen LogP contribution is 2.28. The molecule has 34 heavy (non-hydrogen) atoms. The summed E-state index contributed by atoms with van der Waals surface area (Å²) in [4.78, 5) is 37.0. The summed E-state index contributed by atoms with van der Waals surface area (Å²) >= 11 is 0. The number of nitrogens with zero attached hydrogens (tertiary/aromatic N) is 2. The molecule has 10 nitrogen and oxygen atoms in total. The van der Waals surface area contributed by atoms with Crippen molar-refractivity contribution in [1.29, 1.82) is 0 Å². The topological polar surface area (TPSA) is 123 Å². The number of hydrogen-bond donors (Lipinski definition) is 2. The molecular weight excluding hydrogens is 454 g/mol. The Morgan fingerprint density at radius 3 is 2.59 bits per heavy atom. The van der Waals surface area contributed by atoms with Crippen LogP contribution in [0.15, 0.2) is 12.1 Å². The van der Waals surface area contributed by atoms with Gasteiger partial charge in [0, 0.05) is 31.8 Å². The molecule has 1 heterocycles. The van der Waals surface area contributed by atoms with Gasteiger partial charge in [-0.1, -0.05) is 0 Å². The zero-order chi connectivity index (χ0) is 25.6. The summed E-state index contributed by atoms with van der Waals surface area (Å²) in [7, 11) is 0. The van der Waals surface area contributed by atoms with Crippen molar-refractivity contribution >= 4 is 23.4 Å². The third kappa shape index (κ3) is 7.79. The lowest BCUT2D eigenvalue weighted by Crippen LogP contribution is -2.55. The van der Waals surface area contributed by atoms with Crippen LogP contribution in [0.1, 0.15) is 51.4 Å². The molecule has 190 valence electrons. The number of carbonyl (C=O) groups is 2. The Hall–Kier alpha value is -3.02. The molecule has 0 saturated carbocycles. The lowest BCUT2D eigenvalue weighted by atomic mass is 10.0. The molecule has 0 radical (unpaired) electrons. The third-order valence-corrected chi connectivity index (χ3v) is 4.89. The summed E-state index contributed by atoms with van der Waals surface area (Å²) in [5.74, 6) is -2.03. The fourth-order valence-corrected chi connectivity index (χ4v) is 3.31. The molecule has 1 aromatic rings. The molecule has 0 bridgehead atoms. The molecule has 0 spiro atoms. The fraction of sp³-hybridized carbons (Fsp3) is 0.636. The predicted molar refractivity (Wildman–Crippen MR) is 121 cm³/mol. The van der Waals surface area contributed by atoms with E-state index in [-0.39, 0.29) is 44.5 Å². The molecule has 0 aromatic heterocycles. The van der Waals surface area contributed by atoms with Crippen molar-refractivity contribution in [2.75, 3.05) is 31.6 Å². The monoisotopic (exact) mass is 486 g/mol. The summed E-state index contributed by atoms with van der Waals surface area (Å²) in [6, 6.07) is 0.527. The normalized spacial score (nSPS) is 18.5. The van der Waals surface area contributed by atoms with Crippen LogP contribution in [-0.2, 0) is 9.47 Å². The second-order valence-electron chi connectivity index (χ2n) is 9.26. The molecule has 2 rings (SSSR count). The number of hydrogen-bond acceptors (Lipinski definition) is 7. The maximum atomic E-state index is 14.7. The molecule has 2 N–H and O–H groups in total. The highest BCUT2D eigenvalue weighted by molar-refractivity contribution is 5.96. The van der Waals surface area contributed by atoms with Crippen molar-refractivity contribution in [3.8, 4) is 0 Å². The highest BCUT2D eigenvalue weighted by atomic mass is 19.1. The largest absolute Gasteiger partial charge is 0.444 e. The van der Waals surface area contributed by atoms with Crippen molar-refractivity contribution in [2.24, 2.45) is 0 Å². The Balaban J connectivity index is 2.13. The van der Waals surface area contributed by atoms with Gasteiger partial charge in [0.25, 0.3) is 11.6 Å². The molecule has 0 unspecified atom stereocenters. The van der Waals surface area contributed by atoms with Gasteiger partial charge in [-0.15, -0.1) is 0 Å². The van der Waals surface area contributed by atoms with Crippen molar-refractivity contribution in [1.82, 2.24) is 10.2 Å². The number of benzene rings is 1. The van der Waals surface area contributed by atoms with Gasteiger partial charge in [-0.2, -0.15) is 0 Å². The SMILES string of the molecule is CC(C)OCCNc1cc(F)c(C(=O)N[C@H]2CN(C(=O)OC(C)(C)C)CC[C@@H]2F)cc1[N+](=O)[O-]. The summed E-state index contributed by atoms with van der Waals surface area (Å²) in [6.45, 7) is 9.09. The second-order valence-corrected chi connectivity index (χ2v) is 9.26. The molecule has 2 amide bonds. The van der Waals surface area contributed by atoms with Gasteiger partial charge >= 0.3 is 6.09 Å². The minimum Gasteiger partial charge on any atom is -0.444 e. The van der Waals surface area contributed by atoms with E-state index in [1.54, 1.807) is 20.8 Å². The van der Waals surface area contributed by atoms with E-state index >= 15 is 0 Å². The van der Waals surface area contributed by atoms with Crippen LogP contribution >= 0.6 is 0 Å².